The predicted molar refractivity (Wildman–Crippen MR) is 63.4 cm³/mol. The van der Waals surface area contributed by atoms with Crippen molar-refractivity contribution >= 4 is 29.7 Å². The maximum Gasteiger partial charge on any atom is 0.290 e. The van der Waals surface area contributed by atoms with E-state index in [0.29, 0.717) is 21.9 Å². The van der Waals surface area contributed by atoms with E-state index in [4.69, 9.17) is 37.8 Å². The Kier molecular flexibility index (Phi) is 5.43. The third-order valence-corrected chi connectivity index (χ3v) is 2.79. The second-order valence-electron chi connectivity index (χ2n) is 3.35. The van der Waals surface area contributed by atoms with Gasteiger partial charge in [-0.25, -0.2) is 0 Å². The van der Waals surface area contributed by atoms with Gasteiger partial charge in [-0.2, -0.15) is 0 Å². The van der Waals surface area contributed by atoms with Crippen molar-refractivity contribution in [3.8, 4) is 5.75 Å². The third kappa shape index (κ3) is 3.91. The first-order chi connectivity index (χ1) is 7.67. The summed E-state index contributed by atoms with van der Waals surface area (Å²) in [7, 11) is 0. The Bertz CT molecular complexity index is 351. The summed E-state index contributed by atoms with van der Waals surface area (Å²) in [4.78, 5) is 8.36. The Morgan fingerprint density at radius 1 is 1.38 bits per heavy atom. The van der Waals surface area contributed by atoms with Gasteiger partial charge in [-0.05, 0) is 31.4 Å². The lowest BCUT2D eigenvalue weighted by Gasteiger charge is -2.26. The minimum Gasteiger partial charge on any atom is -0.489 e. The van der Waals surface area contributed by atoms with Crippen LogP contribution in [0.25, 0.3) is 0 Å². The van der Waals surface area contributed by atoms with E-state index < -0.39 is 0 Å². The Balaban J connectivity index is 0.000000386. The highest BCUT2D eigenvalue weighted by molar-refractivity contribution is 6.34. The molecule has 0 amide bonds. The van der Waals surface area contributed by atoms with Gasteiger partial charge >= 0.3 is 0 Å². The van der Waals surface area contributed by atoms with E-state index in [1.54, 1.807) is 18.2 Å². The minimum absolute atomic E-state index is 0.250. The zero-order valence-corrected chi connectivity index (χ0v) is 10.0. The molecule has 0 heterocycles. The summed E-state index contributed by atoms with van der Waals surface area (Å²) >= 11 is 11.8. The van der Waals surface area contributed by atoms with Crippen molar-refractivity contribution in [1.82, 2.24) is 0 Å². The van der Waals surface area contributed by atoms with Gasteiger partial charge in [0.05, 0.1) is 11.1 Å². The first-order valence-corrected chi connectivity index (χ1v) is 5.62. The second-order valence-corrected chi connectivity index (χ2v) is 4.19. The van der Waals surface area contributed by atoms with Gasteiger partial charge in [-0.1, -0.05) is 23.2 Å². The van der Waals surface area contributed by atoms with Crippen molar-refractivity contribution in [2.24, 2.45) is 0 Å². The van der Waals surface area contributed by atoms with E-state index in [1.165, 1.54) is 6.42 Å². The number of carboxylic acid groups (broad SMARTS) is 1. The van der Waals surface area contributed by atoms with Gasteiger partial charge in [-0.15, -0.1) is 0 Å². The molecule has 0 aromatic heterocycles. The van der Waals surface area contributed by atoms with Gasteiger partial charge in [0, 0.05) is 11.1 Å². The van der Waals surface area contributed by atoms with Crippen LogP contribution < -0.4 is 4.74 Å². The molecule has 0 radical (unpaired) electrons. The molecular formula is C11H12Cl2O3. The van der Waals surface area contributed by atoms with E-state index in [2.05, 4.69) is 0 Å². The molecule has 16 heavy (non-hydrogen) atoms. The molecule has 0 bridgehead atoms. The second kappa shape index (κ2) is 6.61. The van der Waals surface area contributed by atoms with Crippen molar-refractivity contribution in [2.45, 2.75) is 25.4 Å². The first kappa shape index (κ1) is 13.1. The van der Waals surface area contributed by atoms with Crippen LogP contribution in [-0.4, -0.2) is 17.7 Å². The number of benzene rings is 1. The van der Waals surface area contributed by atoms with Crippen molar-refractivity contribution in [3.05, 3.63) is 28.2 Å². The molecule has 0 saturated heterocycles. The number of carbonyl (C=O) groups is 1. The summed E-state index contributed by atoms with van der Waals surface area (Å²) in [6.07, 6.45) is 3.85. The molecule has 1 aromatic rings. The fourth-order valence-electron chi connectivity index (χ4n) is 1.24. The van der Waals surface area contributed by atoms with E-state index in [-0.39, 0.29) is 6.47 Å². The summed E-state index contributed by atoms with van der Waals surface area (Å²) in [6.45, 7) is -0.250. The standard InChI is InChI=1S/C10H10Cl2O.CH2O2/c11-7-4-5-9(12)10(6-7)13-8-2-1-3-8;2-1-3/h4-6,8H,1-3H2;1H,(H,2,3). The van der Waals surface area contributed by atoms with Gasteiger partial charge < -0.3 is 9.84 Å². The van der Waals surface area contributed by atoms with Crippen LogP contribution >= 0.6 is 23.2 Å². The van der Waals surface area contributed by atoms with E-state index >= 15 is 0 Å². The van der Waals surface area contributed by atoms with Crippen LogP contribution in [0.15, 0.2) is 18.2 Å². The molecule has 1 aliphatic carbocycles. The van der Waals surface area contributed by atoms with Gasteiger partial charge in [0.15, 0.2) is 0 Å². The van der Waals surface area contributed by atoms with Crippen LogP contribution in [0.5, 0.6) is 5.75 Å². The minimum atomic E-state index is -0.250. The topological polar surface area (TPSA) is 46.5 Å². The highest BCUT2D eigenvalue weighted by Crippen LogP contribution is 2.32. The van der Waals surface area contributed by atoms with Gasteiger partial charge in [0.25, 0.3) is 6.47 Å². The van der Waals surface area contributed by atoms with Crippen molar-refractivity contribution in [2.75, 3.05) is 0 Å². The Labute approximate surface area is 104 Å². The maximum atomic E-state index is 8.36. The molecule has 1 fully saturated rings. The van der Waals surface area contributed by atoms with Gasteiger partial charge in [0.2, 0.25) is 0 Å². The molecular weight excluding hydrogens is 251 g/mol. The summed E-state index contributed by atoms with van der Waals surface area (Å²) in [6, 6.07) is 5.29. The lowest BCUT2D eigenvalue weighted by Crippen LogP contribution is -2.24. The quantitative estimate of drug-likeness (QED) is 0.829. The lowest BCUT2D eigenvalue weighted by molar-refractivity contribution is -0.122. The van der Waals surface area contributed by atoms with Crippen LogP contribution in [0, 0.1) is 0 Å². The van der Waals surface area contributed by atoms with Crippen LogP contribution in [0.4, 0.5) is 0 Å². The zero-order valence-electron chi connectivity index (χ0n) is 8.53. The summed E-state index contributed by atoms with van der Waals surface area (Å²) in [5.41, 5.74) is 0. The molecule has 0 unspecified atom stereocenters. The molecule has 1 aromatic carbocycles. The van der Waals surface area contributed by atoms with Crippen molar-refractivity contribution < 1.29 is 14.6 Å². The zero-order chi connectivity index (χ0) is 12.0. The van der Waals surface area contributed by atoms with Crippen LogP contribution in [-0.2, 0) is 4.79 Å². The van der Waals surface area contributed by atoms with E-state index in [9.17, 15) is 0 Å². The highest BCUT2D eigenvalue weighted by Gasteiger charge is 2.20. The fourth-order valence-corrected chi connectivity index (χ4v) is 1.56. The molecule has 1 aliphatic rings. The molecule has 88 valence electrons. The monoisotopic (exact) mass is 262 g/mol. The maximum absolute atomic E-state index is 8.36. The van der Waals surface area contributed by atoms with E-state index in [1.807, 2.05) is 0 Å². The molecule has 5 heteroatoms. The summed E-state index contributed by atoms with van der Waals surface area (Å²) < 4.78 is 5.65. The summed E-state index contributed by atoms with van der Waals surface area (Å²) in [5.74, 6) is 0.707. The number of hydrogen-bond donors (Lipinski definition) is 1. The third-order valence-electron chi connectivity index (χ3n) is 2.24. The highest BCUT2D eigenvalue weighted by atomic mass is 35.5. The number of ether oxygens (including phenoxy) is 1. The molecule has 3 nitrogen and oxygen atoms in total. The average Bonchev–Trinajstić information content (AvgIpc) is 2.18. The van der Waals surface area contributed by atoms with Crippen LogP contribution in [0.1, 0.15) is 19.3 Å². The van der Waals surface area contributed by atoms with Crippen molar-refractivity contribution in [3.63, 3.8) is 0 Å². The average molecular weight is 263 g/mol. The SMILES string of the molecule is Clc1ccc(Cl)c(OC2CCC2)c1.O=CO. The Morgan fingerprint density at radius 3 is 2.50 bits per heavy atom. The predicted octanol–water partition coefficient (Wildman–Crippen LogP) is 3.63. The first-order valence-electron chi connectivity index (χ1n) is 4.87. The largest absolute Gasteiger partial charge is 0.489 e. The molecule has 1 saturated carbocycles. The molecule has 0 spiro atoms. The molecule has 1 N–H and O–H groups in total. The fraction of sp³-hybridized carbons (Fsp3) is 0.364. The van der Waals surface area contributed by atoms with Gasteiger partial charge in [0.1, 0.15) is 5.75 Å². The number of rotatable bonds is 2. The molecule has 0 aliphatic heterocycles. The van der Waals surface area contributed by atoms with Crippen molar-refractivity contribution in [1.29, 1.82) is 0 Å². The Hall–Kier alpha value is -0.930. The van der Waals surface area contributed by atoms with Crippen LogP contribution in [0.3, 0.4) is 0 Å². The van der Waals surface area contributed by atoms with Crippen LogP contribution in [0.2, 0.25) is 10.0 Å². The van der Waals surface area contributed by atoms with Gasteiger partial charge in [-0.3, -0.25) is 4.79 Å². The molecule has 0 atom stereocenters. The lowest BCUT2D eigenvalue weighted by atomic mass is 9.96. The summed E-state index contributed by atoms with van der Waals surface area (Å²) in [5, 5.41) is 8.19. The number of halogens is 2. The number of hydrogen-bond acceptors (Lipinski definition) is 2. The molecule has 2 rings (SSSR count). The normalized spacial score (nSPS) is 14.4. The van der Waals surface area contributed by atoms with E-state index in [0.717, 1.165) is 12.8 Å². The Morgan fingerprint density at radius 2 is 2.00 bits per heavy atom. The smallest absolute Gasteiger partial charge is 0.290 e.